The Labute approximate surface area is 107 Å². The summed E-state index contributed by atoms with van der Waals surface area (Å²) in [6.45, 7) is 7.48. The zero-order valence-corrected chi connectivity index (χ0v) is 11.6. The fourth-order valence-corrected chi connectivity index (χ4v) is 2.73. The van der Waals surface area contributed by atoms with Gasteiger partial charge in [0.15, 0.2) is 0 Å². The number of hydrogen-bond acceptors (Lipinski definition) is 3. The predicted molar refractivity (Wildman–Crippen MR) is 73.6 cm³/mol. The third kappa shape index (κ3) is 2.82. The number of pyridine rings is 1. The van der Waals surface area contributed by atoms with E-state index in [1.807, 2.05) is 37.0 Å². The lowest BCUT2D eigenvalue weighted by Gasteiger charge is -2.16. The second kappa shape index (κ2) is 4.70. The zero-order valence-electron chi connectivity index (χ0n) is 10.8. The van der Waals surface area contributed by atoms with Crippen LogP contribution in [0.2, 0.25) is 0 Å². The molecule has 0 unspecified atom stereocenters. The van der Waals surface area contributed by atoms with E-state index in [0.717, 1.165) is 17.2 Å². The maximum atomic E-state index is 4.70. The van der Waals surface area contributed by atoms with Crippen LogP contribution in [-0.2, 0) is 6.54 Å². The summed E-state index contributed by atoms with van der Waals surface area (Å²) in [6, 6.07) is 6.11. The smallest absolute Gasteiger partial charge is 0.138 e. The van der Waals surface area contributed by atoms with E-state index in [0.29, 0.717) is 0 Å². The van der Waals surface area contributed by atoms with E-state index in [1.54, 1.807) is 0 Å². The first-order valence-corrected chi connectivity index (χ1v) is 6.62. The SMILES string of the molecule is CNCc1c(SC(C)(C)C)nc2ccccn12. The van der Waals surface area contributed by atoms with Crippen LogP contribution in [0.25, 0.3) is 5.65 Å². The normalized spacial score (nSPS) is 12.2. The first-order chi connectivity index (χ1) is 8.01. The van der Waals surface area contributed by atoms with Crippen molar-refractivity contribution in [3.8, 4) is 0 Å². The molecule has 0 aliphatic carbocycles. The van der Waals surface area contributed by atoms with Crippen LogP contribution in [0.1, 0.15) is 26.5 Å². The van der Waals surface area contributed by atoms with Crippen molar-refractivity contribution in [2.45, 2.75) is 37.1 Å². The average molecular weight is 249 g/mol. The molecule has 0 spiro atoms. The van der Waals surface area contributed by atoms with Crippen LogP contribution in [0.5, 0.6) is 0 Å². The zero-order chi connectivity index (χ0) is 12.5. The number of rotatable bonds is 3. The lowest BCUT2D eigenvalue weighted by Crippen LogP contribution is -2.11. The highest BCUT2D eigenvalue weighted by atomic mass is 32.2. The van der Waals surface area contributed by atoms with E-state index < -0.39 is 0 Å². The maximum absolute atomic E-state index is 4.70. The molecule has 0 bridgehead atoms. The van der Waals surface area contributed by atoms with Gasteiger partial charge in [0.1, 0.15) is 10.7 Å². The molecule has 2 aromatic heterocycles. The van der Waals surface area contributed by atoms with Crippen LogP contribution < -0.4 is 5.32 Å². The lowest BCUT2D eigenvalue weighted by atomic mass is 10.3. The molecular formula is C13H19N3S. The summed E-state index contributed by atoms with van der Waals surface area (Å²) >= 11 is 1.82. The summed E-state index contributed by atoms with van der Waals surface area (Å²) in [4.78, 5) is 4.70. The first kappa shape index (κ1) is 12.5. The van der Waals surface area contributed by atoms with Crippen molar-refractivity contribution in [1.82, 2.24) is 14.7 Å². The molecule has 0 saturated carbocycles. The molecule has 0 radical (unpaired) electrons. The van der Waals surface area contributed by atoms with Gasteiger partial charge in [-0.15, -0.1) is 0 Å². The Balaban J connectivity index is 2.49. The van der Waals surface area contributed by atoms with E-state index in [1.165, 1.54) is 5.69 Å². The first-order valence-electron chi connectivity index (χ1n) is 5.81. The van der Waals surface area contributed by atoms with Crippen molar-refractivity contribution in [2.24, 2.45) is 0 Å². The molecule has 4 heteroatoms. The molecule has 3 nitrogen and oxygen atoms in total. The number of hydrogen-bond donors (Lipinski definition) is 1. The Hall–Kier alpha value is -1.00. The predicted octanol–water partition coefficient (Wildman–Crippen LogP) is 2.94. The molecule has 2 heterocycles. The molecule has 0 aliphatic heterocycles. The van der Waals surface area contributed by atoms with E-state index >= 15 is 0 Å². The van der Waals surface area contributed by atoms with Crippen molar-refractivity contribution in [1.29, 1.82) is 0 Å². The minimum absolute atomic E-state index is 0.181. The quantitative estimate of drug-likeness (QED) is 0.848. The Kier molecular flexibility index (Phi) is 3.45. The molecular weight excluding hydrogens is 230 g/mol. The lowest BCUT2D eigenvalue weighted by molar-refractivity contribution is 0.756. The molecule has 1 N–H and O–H groups in total. The standard InChI is InChI=1S/C13H19N3S/c1-13(2,3)17-12-10(9-14-4)16-8-6-5-7-11(16)15-12/h5-8,14H,9H2,1-4H3. The van der Waals surface area contributed by atoms with Crippen molar-refractivity contribution in [3.05, 3.63) is 30.1 Å². The number of nitrogens with one attached hydrogen (secondary N) is 1. The molecule has 0 saturated heterocycles. The Morgan fingerprint density at radius 2 is 2.12 bits per heavy atom. The number of thioether (sulfide) groups is 1. The van der Waals surface area contributed by atoms with Crippen molar-refractivity contribution >= 4 is 17.4 Å². The molecule has 17 heavy (non-hydrogen) atoms. The van der Waals surface area contributed by atoms with Gasteiger partial charge in [0.05, 0.1) is 5.69 Å². The van der Waals surface area contributed by atoms with Crippen molar-refractivity contribution in [2.75, 3.05) is 7.05 Å². The van der Waals surface area contributed by atoms with Crippen LogP contribution in [0.15, 0.2) is 29.4 Å². The highest BCUT2D eigenvalue weighted by molar-refractivity contribution is 8.00. The molecule has 0 fully saturated rings. The van der Waals surface area contributed by atoms with Gasteiger partial charge in [0.25, 0.3) is 0 Å². The third-order valence-electron chi connectivity index (χ3n) is 2.34. The molecule has 2 aromatic rings. The van der Waals surface area contributed by atoms with Crippen LogP contribution in [0, 0.1) is 0 Å². The molecule has 0 amide bonds. The van der Waals surface area contributed by atoms with Gasteiger partial charge in [-0.05, 0) is 19.2 Å². The third-order valence-corrected chi connectivity index (χ3v) is 3.47. The van der Waals surface area contributed by atoms with Gasteiger partial charge in [0.2, 0.25) is 0 Å². The summed E-state index contributed by atoms with van der Waals surface area (Å²) in [5.74, 6) is 0. The van der Waals surface area contributed by atoms with Crippen LogP contribution >= 0.6 is 11.8 Å². The average Bonchev–Trinajstić information content (AvgIpc) is 2.55. The van der Waals surface area contributed by atoms with Crippen LogP contribution in [0.3, 0.4) is 0 Å². The highest BCUT2D eigenvalue weighted by Crippen LogP contribution is 2.33. The summed E-state index contributed by atoms with van der Waals surface area (Å²) in [6.07, 6.45) is 2.07. The molecule has 92 valence electrons. The topological polar surface area (TPSA) is 29.3 Å². The molecule has 2 rings (SSSR count). The Morgan fingerprint density at radius 1 is 1.35 bits per heavy atom. The summed E-state index contributed by atoms with van der Waals surface area (Å²) in [5, 5.41) is 4.34. The van der Waals surface area contributed by atoms with Crippen LogP contribution in [-0.4, -0.2) is 21.2 Å². The summed E-state index contributed by atoms with van der Waals surface area (Å²) in [7, 11) is 1.97. The van der Waals surface area contributed by atoms with E-state index in [4.69, 9.17) is 4.98 Å². The van der Waals surface area contributed by atoms with Gasteiger partial charge in [-0.25, -0.2) is 4.98 Å². The number of nitrogens with zero attached hydrogens (tertiary/aromatic N) is 2. The minimum Gasteiger partial charge on any atom is -0.314 e. The van der Waals surface area contributed by atoms with Crippen molar-refractivity contribution in [3.63, 3.8) is 0 Å². The van der Waals surface area contributed by atoms with Crippen molar-refractivity contribution < 1.29 is 0 Å². The van der Waals surface area contributed by atoms with Gasteiger partial charge >= 0.3 is 0 Å². The van der Waals surface area contributed by atoms with Gasteiger partial charge < -0.3 is 9.72 Å². The van der Waals surface area contributed by atoms with Crippen LogP contribution in [0.4, 0.5) is 0 Å². The molecule has 0 aliphatic rings. The van der Waals surface area contributed by atoms with Gasteiger partial charge in [-0.1, -0.05) is 38.6 Å². The number of imidazole rings is 1. The summed E-state index contributed by atoms with van der Waals surface area (Å²) in [5.41, 5.74) is 2.26. The van der Waals surface area contributed by atoms with Gasteiger partial charge in [-0.2, -0.15) is 0 Å². The number of aromatic nitrogens is 2. The maximum Gasteiger partial charge on any atom is 0.138 e. The van der Waals surface area contributed by atoms with E-state index in [2.05, 4.69) is 36.7 Å². The monoisotopic (exact) mass is 249 g/mol. The Bertz CT molecular complexity index is 511. The Morgan fingerprint density at radius 3 is 2.76 bits per heavy atom. The van der Waals surface area contributed by atoms with Gasteiger partial charge in [-0.3, -0.25) is 0 Å². The highest BCUT2D eigenvalue weighted by Gasteiger charge is 2.19. The molecule has 0 aromatic carbocycles. The fourth-order valence-electron chi connectivity index (χ4n) is 1.73. The second-order valence-corrected chi connectivity index (χ2v) is 6.85. The largest absolute Gasteiger partial charge is 0.314 e. The molecule has 0 atom stereocenters. The second-order valence-electron chi connectivity index (χ2n) is 5.04. The number of fused-ring (bicyclic) bond motifs is 1. The summed E-state index contributed by atoms with van der Waals surface area (Å²) < 4.78 is 2.34. The minimum atomic E-state index is 0.181. The van der Waals surface area contributed by atoms with E-state index in [-0.39, 0.29) is 4.75 Å². The van der Waals surface area contributed by atoms with Gasteiger partial charge in [0, 0.05) is 17.5 Å². The fraction of sp³-hybridized carbons (Fsp3) is 0.462. The van der Waals surface area contributed by atoms with E-state index in [9.17, 15) is 0 Å².